The maximum atomic E-state index is 12.2. The van der Waals surface area contributed by atoms with E-state index in [-0.39, 0.29) is 11.7 Å². The van der Waals surface area contributed by atoms with Gasteiger partial charge in [0.25, 0.3) is 5.91 Å². The molecule has 1 aromatic heterocycles. The molecule has 0 bridgehead atoms. The monoisotopic (exact) mass is 272 g/mol. The number of carbonyl (C=O) groups excluding carboxylic acids is 1. The van der Waals surface area contributed by atoms with Gasteiger partial charge in [-0.2, -0.15) is 0 Å². The van der Waals surface area contributed by atoms with Crippen LogP contribution in [0.5, 0.6) is 0 Å². The topological polar surface area (TPSA) is 64.4 Å². The van der Waals surface area contributed by atoms with Crippen molar-refractivity contribution in [2.24, 2.45) is 0 Å². The molecule has 1 aliphatic heterocycles. The van der Waals surface area contributed by atoms with Gasteiger partial charge in [-0.05, 0) is 19.8 Å². The molecular formula is C12H17ClN2O3. The van der Waals surface area contributed by atoms with Gasteiger partial charge in [-0.3, -0.25) is 4.79 Å². The van der Waals surface area contributed by atoms with Crippen LogP contribution in [0.15, 0.2) is 4.42 Å². The van der Waals surface area contributed by atoms with Gasteiger partial charge in [0, 0.05) is 26.0 Å². The first-order valence-electron chi connectivity index (χ1n) is 5.96. The van der Waals surface area contributed by atoms with Gasteiger partial charge in [-0.1, -0.05) is 0 Å². The standard InChI is InChI=1S/C12H17ClN2O3/c1-8-10(18-9(2)14-8)11(16)15-12(7-13)3-5-17-6-4-12/h3-7H2,1-2H3,(H,15,16). The zero-order valence-corrected chi connectivity index (χ0v) is 11.3. The van der Waals surface area contributed by atoms with Gasteiger partial charge in [0.1, 0.15) is 0 Å². The van der Waals surface area contributed by atoms with Gasteiger partial charge in [0.15, 0.2) is 5.89 Å². The Kier molecular flexibility index (Phi) is 3.92. The zero-order valence-electron chi connectivity index (χ0n) is 10.6. The van der Waals surface area contributed by atoms with Crippen molar-refractivity contribution in [3.63, 3.8) is 0 Å². The molecule has 1 amide bonds. The Morgan fingerprint density at radius 3 is 2.61 bits per heavy atom. The summed E-state index contributed by atoms with van der Waals surface area (Å²) in [5.74, 6) is 0.873. The first kappa shape index (κ1) is 13.4. The Morgan fingerprint density at radius 1 is 1.44 bits per heavy atom. The predicted octanol–water partition coefficient (Wildman–Crippen LogP) is 1.81. The maximum Gasteiger partial charge on any atom is 0.289 e. The molecule has 0 saturated carbocycles. The molecule has 1 fully saturated rings. The Bertz CT molecular complexity index is 439. The molecule has 100 valence electrons. The molecule has 0 radical (unpaired) electrons. The van der Waals surface area contributed by atoms with E-state index in [9.17, 15) is 4.79 Å². The summed E-state index contributed by atoms with van der Waals surface area (Å²) in [5, 5.41) is 2.97. The Balaban J connectivity index is 2.12. The lowest BCUT2D eigenvalue weighted by Crippen LogP contribution is -2.53. The number of amides is 1. The highest BCUT2D eigenvalue weighted by atomic mass is 35.5. The molecule has 0 aliphatic carbocycles. The number of aromatic nitrogens is 1. The third-order valence-electron chi connectivity index (χ3n) is 3.19. The zero-order chi connectivity index (χ0) is 13.2. The number of alkyl halides is 1. The average Bonchev–Trinajstić information content (AvgIpc) is 2.70. The van der Waals surface area contributed by atoms with Gasteiger partial charge in [0.05, 0.1) is 11.2 Å². The highest BCUT2D eigenvalue weighted by molar-refractivity contribution is 6.19. The summed E-state index contributed by atoms with van der Waals surface area (Å²) in [7, 11) is 0. The van der Waals surface area contributed by atoms with Crippen molar-refractivity contribution >= 4 is 17.5 Å². The molecule has 5 nitrogen and oxygen atoms in total. The van der Waals surface area contributed by atoms with E-state index in [4.69, 9.17) is 20.8 Å². The lowest BCUT2D eigenvalue weighted by molar-refractivity contribution is 0.0424. The van der Waals surface area contributed by atoms with Crippen LogP contribution in [0.3, 0.4) is 0 Å². The molecule has 1 aliphatic rings. The molecule has 2 rings (SSSR count). The summed E-state index contributed by atoms with van der Waals surface area (Å²) in [6.45, 7) is 4.70. The second kappa shape index (κ2) is 5.28. The molecule has 1 aromatic rings. The fourth-order valence-corrected chi connectivity index (χ4v) is 2.43. The molecule has 1 saturated heterocycles. The summed E-state index contributed by atoms with van der Waals surface area (Å²) in [4.78, 5) is 16.3. The number of carbonyl (C=O) groups is 1. The van der Waals surface area contributed by atoms with Crippen molar-refractivity contribution in [2.45, 2.75) is 32.2 Å². The number of oxazole rings is 1. The normalized spacial score (nSPS) is 18.6. The second-order valence-corrected chi connectivity index (χ2v) is 4.90. The summed E-state index contributed by atoms with van der Waals surface area (Å²) in [5.41, 5.74) is 0.200. The SMILES string of the molecule is Cc1nc(C)c(C(=O)NC2(CCl)CCOCC2)o1. The minimum Gasteiger partial charge on any atom is -0.436 e. The number of ether oxygens (including phenoxy) is 1. The van der Waals surface area contributed by atoms with Gasteiger partial charge < -0.3 is 14.5 Å². The summed E-state index contributed by atoms with van der Waals surface area (Å²) in [6, 6.07) is 0. The van der Waals surface area contributed by atoms with E-state index in [0.29, 0.717) is 43.5 Å². The molecule has 0 unspecified atom stereocenters. The molecule has 1 N–H and O–H groups in total. The van der Waals surface area contributed by atoms with E-state index < -0.39 is 5.54 Å². The van der Waals surface area contributed by atoms with E-state index in [1.807, 2.05) is 0 Å². The minimum atomic E-state index is -0.399. The van der Waals surface area contributed by atoms with Gasteiger partial charge in [0.2, 0.25) is 5.76 Å². The van der Waals surface area contributed by atoms with Crippen LogP contribution < -0.4 is 5.32 Å². The van der Waals surface area contributed by atoms with Crippen LogP contribution >= 0.6 is 11.6 Å². The van der Waals surface area contributed by atoms with Crippen LogP contribution in [0.1, 0.15) is 35.0 Å². The van der Waals surface area contributed by atoms with E-state index in [1.54, 1.807) is 13.8 Å². The largest absolute Gasteiger partial charge is 0.436 e. The number of halogens is 1. The quantitative estimate of drug-likeness (QED) is 0.853. The fourth-order valence-electron chi connectivity index (χ4n) is 2.09. The highest BCUT2D eigenvalue weighted by Crippen LogP contribution is 2.23. The van der Waals surface area contributed by atoms with Crippen LogP contribution in [-0.2, 0) is 4.74 Å². The van der Waals surface area contributed by atoms with Crippen molar-refractivity contribution in [3.05, 3.63) is 17.3 Å². The van der Waals surface area contributed by atoms with Crippen LogP contribution in [0.2, 0.25) is 0 Å². The van der Waals surface area contributed by atoms with Crippen LogP contribution in [0.4, 0.5) is 0 Å². The van der Waals surface area contributed by atoms with E-state index in [0.717, 1.165) is 0 Å². The maximum absolute atomic E-state index is 12.2. The van der Waals surface area contributed by atoms with Crippen molar-refractivity contribution in [2.75, 3.05) is 19.1 Å². The van der Waals surface area contributed by atoms with Gasteiger partial charge in [-0.15, -0.1) is 11.6 Å². The molecule has 0 aromatic carbocycles. The van der Waals surface area contributed by atoms with Crippen molar-refractivity contribution in [3.8, 4) is 0 Å². The summed E-state index contributed by atoms with van der Waals surface area (Å²) < 4.78 is 10.6. The van der Waals surface area contributed by atoms with Crippen LogP contribution in [0.25, 0.3) is 0 Å². The molecule has 0 spiro atoms. The Labute approximate surface area is 111 Å². The number of hydrogen-bond donors (Lipinski definition) is 1. The number of nitrogens with one attached hydrogen (secondary N) is 1. The number of aryl methyl sites for hydroxylation is 2. The van der Waals surface area contributed by atoms with Crippen LogP contribution in [0, 0.1) is 13.8 Å². The minimum absolute atomic E-state index is 0.254. The van der Waals surface area contributed by atoms with Crippen molar-refractivity contribution in [1.29, 1.82) is 0 Å². The summed E-state index contributed by atoms with van der Waals surface area (Å²) in [6.07, 6.45) is 1.43. The first-order valence-corrected chi connectivity index (χ1v) is 6.50. The Hall–Kier alpha value is -1.07. The van der Waals surface area contributed by atoms with Gasteiger partial charge in [-0.25, -0.2) is 4.98 Å². The molecular weight excluding hydrogens is 256 g/mol. The predicted molar refractivity (Wildman–Crippen MR) is 66.9 cm³/mol. The number of nitrogens with zero attached hydrogens (tertiary/aromatic N) is 1. The van der Waals surface area contributed by atoms with Crippen molar-refractivity contribution < 1.29 is 13.9 Å². The molecule has 18 heavy (non-hydrogen) atoms. The number of rotatable bonds is 3. The molecule has 6 heteroatoms. The van der Waals surface area contributed by atoms with Crippen LogP contribution in [-0.4, -0.2) is 35.5 Å². The second-order valence-electron chi connectivity index (χ2n) is 4.63. The van der Waals surface area contributed by atoms with Crippen molar-refractivity contribution in [1.82, 2.24) is 10.3 Å². The molecule has 0 atom stereocenters. The molecule has 2 heterocycles. The van der Waals surface area contributed by atoms with Gasteiger partial charge >= 0.3 is 0 Å². The number of hydrogen-bond acceptors (Lipinski definition) is 4. The Morgan fingerprint density at radius 2 is 2.11 bits per heavy atom. The van der Waals surface area contributed by atoms with E-state index in [2.05, 4.69) is 10.3 Å². The highest BCUT2D eigenvalue weighted by Gasteiger charge is 2.34. The smallest absolute Gasteiger partial charge is 0.289 e. The van der Waals surface area contributed by atoms with E-state index in [1.165, 1.54) is 0 Å². The summed E-state index contributed by atoms with van der Waals surface area (Å²) >= 11 is 6.00. The average molecular weight is 273 g/mol. The fraction of sp³-hybridized carbons (Fsp3) is 0.667. The lowest BCUT2D eigenvalue weighted by Gasteiger charge is -2.35. The third kappa shape index (κ3) is 2.67. The first-order chi connectivity index (χ1) is 8.56. The lowest BCUT2D eigenvalue weighted by atomic mass is 9.92. The third-order valence-corrected chi connectivity index (χ3v) is 3.71. The van der Waals surface area contributed by atoms with E-state index >= 15 is 0 Å².